The quantitative estimate of drug-likeness (QED) is 0.487. The number of hydrogen-bond acceptors (Lipinski definition) is 5. The Kier molecular flexibility index (Phi) is 6.86. The van der Waals surface area contributed by atoms with E-state index in [9.17, 15) is 19.5 Å². The lowest BCUT2D eigenvalue weighted by atomic mass is 10.1. The molecule has 7 nitrogen and oxygen atoms in total. The summed E-state index contributed by atoms with van der Waals surface area (Å²) in [5.41, 5.74) is 2.93. The number of aliphatic hydroxyl groups excluding tert-OH is 1. The first-order chi connectivity index (χ1) is 15.9. The molecule has 0 saturated carbocycles. The van der Waals surface area contributed by atoms with Crippen LogP contribution in [0.1, 0.15) is 39.8 Å². The van der Waals surface area contributed by atoms with Gasteiger partial charge in [0, 0.05) is 34.1 Å². The first-order valence-electron chi connectivity index (χ1n) is 10.7. The molecule has 1 saturated heterocycles. The van der Waals surface area contributed by atoms with E-state index >= 15 is 0 Å². The highest BCUT2D eigenvalue weighted by molar-refractivity contribution is 7.12. The molecule has 3 amide bonds. The summed E-state index contributed by atoms with van der Waals surface area (Å²) in [6, 6.07) is 18.2. The number of carbonyl (C=O) groups is 3. The standard InChI is InChI=1S/C25H25N3O4S/c1-16-9-10-18(14-20(16)28-13-5-8-22(28)29)27-25(32)24(31)26-15-19-11-12-21(33-19)23(30)17-6-3-2-4-7-17/h2-4,6-7,9-12,14,23,30H,5,8,13,15H2,1H3,(H,26,31)(H,27,32). The summed E-state index contributed by atoms with van der Waals surface area (Å²) in [4.78, 5) is 40.1. The highest BCUT2D eigenvalue weighted by Crippen LogP contribution is 2.29. The number of thiophene rings is 1. The molecule has 1 atom stereocenters. The number of rotatable bonds is 6. The number of nitrogens with one attached hydrogen (secondary N) is 2. The van der Waals surface area contributed by atoms with Crippen molar-refractivity contribution in [2.45, 2.75) is 32.4 Å². The first kappa shape index (κ1) is 22.7. The predicted octanol–water partition coefficient (Wildman–Crippen LogP) is 3.52. The van der Waals surface area contributed by atoms with Gasteiger partial charge in [0.1, 0.15) is 6.10 Å². The van der Waals surface area contributed by atoms with Gasteiger partial charge in [-0.05, 0) is 48.7 Å². The lowest BCUT2D eigenvalue weighted by Gasteiger charge is -2.19. The molecule has 4 rings (SSSR count). The molecule has 1 fully saturated rings. The zero-order valence-electron chi connectivity index (χ0n) is 18.2. The maximum absolute atomic E-state index is 12.4. The van der Waals surface area contributed by atoms with Crippen LogP contribution in [0.15, 0.2) is 60.7 Å². The minimum atomic E-state index is -0.779. The molecular weight excluding hydrogens is 438 g/mol. The Morgan fingerprint density at radius 2 is 1.88 bits per heavy atom. The van der Waals surface area contributed by atoms with Gasteiger partial charge in [-0.25, -0.2) is 0 Å². The average Bonchev–Trinajstić information content (AvgIpc) is 3.48. The number of aryl methyl sites for hydroxylation is 1. The van der Waals surface area contributed by atoms with Gasteiger partial charge in [0.15, 0.2) is 0 Å². The van der Waals surface area contributed by atoms with Gasteiger partial charge in [0.05, 0.1) is 6.54 Å². The van der Waals surface area contributed by atoms with Crippen molar-refractivity contribution in [3.8, 4) is 0 Å². The number of carbonyl (C=O) groups excluding carboxylic acids is 3. The summed E-state index contributed by atoms with van der Waals surface area (Å²) in [7, 11) is 0. The zero-order chi connectivity index (χ0) is 23.4. The summed E-state index contributed by atoms with van der Waals surface area (Å²) in [5.74, 6) is -1.47. The molecule has 2 aromatic carbocycles. The third-order valence-corrected chi connectivity index (χ3v) is 6.67. The number of anilines is 2. The van der Waals surface area contributed by atoms with Crippen LogP contribution in [0.3, 0.4) is 0 Å². The van der Waals surface area contributed by atoms with E-state index in [1.165, 1.54) is 11.3 Å². The first-order valence-corrected chi connectivity index (χ1v) is 11.6. The van der Waals surface area contributed by atoms with Crippen LogP contribution < -0.4 is 15.5 Å². The second-order valence-electron chi connectivity index (χ2n) is 7.90. The van der Waals surface area contributed by atoms with Crippen molar-refractivity contribution in [3.63, 3.8) is 0 Å². The topological polar surface area (TPSA) is 98.7 Å². The van der Waals surface area contributed by atoms with Crippen LogP contribution in [0.4, 0.5) is 11.4 Å². The molecule has 8 heteroatoms. The monoisotopic (exact) mass is 463 g/mol. The Morgan fingerprint density at radius 1 is 1.09 bits per heavy atom. The number of nitrogens with zero attached hydrogens (tertiary/aromatic N) is 1. The van der Waals surface area contributed by atoms with Crippen molar-refractivity contribution in [2.24, 2.45) is 0 Å². The average molecular weight is 464 g/mol. The van der Waals surface area contributed by atoms with Gasteiger partial charge in [-0.3, -0.25) is 14.4 Å². The summed E-state index contributed by atoms with van der Waals surface area (Å²) in [5, 5.41) is 15.7. The van der Waals surface area contributed by atoms with Gasteiger partial charge in [-0.1, -0.05) is 36.4 Å². The third-order valence-electron chi connectivity index (χ3n) is 5.53. The van der Waals surface area contributed by atoms with E-state index in [0.717, 1.165) is 33.0 Å². The summed E-state index contributed by atoms with van der Waals surface area (Å²) in [6.45, 7) is 2.74. The van der Waals surface area contributed by atoms with Crippen LogP contribution >= 0.6 is 11.3 Å². The molecule has 33 heavy (non-hydrogen) atoms. The molecule has 0 spiro atoms. The normalized spacial score (nSPS) is 14.2. The number of amides is 3. The molecule has 0 bridgehead atoms. The van der Waals surface area contributed by atoms with Crippen molar-refractivity contribution >= 4 is 40.4 Å². The molecular formula is C25H25N3O4S. The van der Waals surface area contributed by atoms with Crippen molar-refractivity contribution < 1.29 is 19.5 Å². The van der Waals surface area contributed by atoms with E-state index in [0.29, 0.717) is 18.7 Å². The van der Waals surface area contributed by atoms with Crippen molar-refractivity contribution in [3.05, 3.63) is 81.5 Å². The van der Waals surface area contributed by atoms with Gasteiger partial charge in [-0.15, -0.1) is 11.3 Å². The van der Waals surface area contributed by atoms with Crippen molar-refractivity contribution in [1.29, 1.82) is 0 Å². The number of aliphatic hydroxyl groups is 1. The summed E-state index contributed by atoms with van der Waals surface area (Å²) >= 11 is 1.38. The van der Waals surface area contributed by atoms with E-state index in [4.69, 9.17) is 0 Å². The fourth-order valence-corrected chi connectivity index (χ4v) is 4.72. The van der Waals surface area contributed by atoms with Gasteiger partial charge >= 0.3 is 11.8 Å². The van der Waals surface area contributed by atoms with Crippen molar-refractivity contribution in [2.75, 3.05) is 16.8 Å². The number of benzene rings is 2. The van der Waals surface area contributed by atoms with E-state index in [1.54, 1.807) is 17.0 Å². The van der Waals surface area contributed by atoms with E-state index in [2.05, 4.69) is 10.6 Å². The maximum Gasteiger partial charge on any atom is 0.313 e. The molecule has 3 N–H and O–H groups in total. The highest BCUT2D eigenvalue weighted by Gasteiger charge is 2.24. The molecule has 1 unspecified atom stereocenters. The Bertz CT molecular complexity index is 1180. The maximum atomic E-state index is 12.4. The van der Waals surface area contributed by atoms with Crippen LogP contribution in [0.25, 0.3) is 0 Å². The van der Waals surface area contributed by atoms with Crippen LogP contribution in [-0.2, 0) is 20.9 Å². The fourth-order valence-electron chi connectivity index (χ4n) is 3.75. The Hall–Kier alpha value is -3.49. The van der Waals surface area contributed by atoms with Crippen LogP contribution in [0, 0.1) is 6.92 Å². The van der Waals surface area contributed by atoms with E-state index < -0.39 is 17.9 Å². The Labute approximate surface area is 196 Å². The van der Waals surface area contributed by atoms with Crippen LogP contribution in [-0.4, -0.2) is 29.4 Å². The molecule has 3 aromatic rings. The number of hydrogen-bond donors (Lipinski definition) is 3. The second kappa shape index (κ2) is 9.97. The van der Waals surface area contributed by atoms with Gasteiger partial charge in [-0.2, -0.15) is 0 Å². The van der Waals surface area contributed by atoms with Gasteiger partial charge in [0.25, 0.3) is 0 Å². The van der Waals surface area contributed by atoms with Crippen LogP contribution in [0.5, 0.6) is 0 Å². The smallest absolute Gasteiger partial charge is 0.313 e. The lowest BCUT2D eigenvalue weighted by Crippen LogP contribution is -2.34. The fraction of sp³-hybridized carbons (Fsp3) is 0.240. The summed E-state index contributed by atoms with van der Waals surface area (Å²) < 4.78 is 0. The minimum absolute atomic E-state index is 0.0621. The molecule has 170 valence electrons. The highest BCUT2D eigenvalue weighted by atomic mass is 32.1. The summed E-state index contributed by atoms with van der Waals surface area (Å²) in [6.07, 6.45) is 0.595. The van der Waals surface area contributed by atoms with Gasteiger partial charge in [0.2, 0.25) is 5.91 Å². The van der Waals surface area contributed by atoms with E-state index in [1.807, 2.05) is 55.5 Å². The SMILES string of the molecule is Cc1ccc(NC(=O)C(=O)NCc2ccc(C(O)c3ccccc3)s2)cc1N1CCCC1=O. The van der Waals surface area contributed by atoms with Crippen molar-refractivity contribution in [1.82, 2.24) is 5.32 Å². The minimum Gasteiger partial charge on any atom is -0.383 e. The Balaban J connectivity index is 1.34. The largest absolute Gasteiger partial charge is 0.383 e. The molecule has 2 heterocycles. The lowest BCUT2D eigenvalue weighted by molar-refractivity contribution is -0.136. The van der Waals surface area contributed by atoms with Crippen LogP contribution in [0.2, 0.25) is 0 Å². The molecule has 1 aliphatic rings. The predicted molar refractivity (Wildman–Crippen MR) is 128 cm³/mol. The zero-order valence-corrected chi connectivity index (χ0v) is 19.0. The third kappa shape index (κ3) is 5.30. The van der Waals surface area contributed by atoms with Gasteiger partial charge < -0.3 is 20.6 Å². The molecule has 1 aromatic heterocycles. The molecule has 0 aliphatic carbocycles. The van der Waals surface area contributed by atoms with E-state index in [-0.39, 0.29) is 12.5 Å². The second-order valence-corrected chi connectivity index (χ2v) is 9.10. The molecule has 1 aliphatic heterocycles. The Morgan fingerprint density at radius 3 is 2.61 bits per heavy atom. The molecule has 0 radical (unpaired) electrons.